The Bertz CT molecular complexity index is 1160. The minimum atomic E-state index is -0.242. The monoisotopic (exact) mass is 580 g/mol. The van der Waals surface area contributed by atoms with E-state index in [9.17, 15) is 4.79 Å². The zero-order valence-corrected chi connectivity index (χ0v) is 22.5. The van der Waals surface area contributed by atoms with Crippen LogP contribution in [0.15, 0.2) is 70.2 Å². The minimum Gasteiger partial charge on any atom is -0.493 e. The average molecular weight is 582 g/mol. The molecule has 0 fully saturated rings. The van der Waals surface area contributed by atoms with E-state index in [0.717, 1.165) is 16.9 Å². The standard InChI is InChI=1S/C25H23BrCl2N2O3S/c1-16(34-15-17-6-4-3-5-7-17)25(31)30-29-13-18-10-21(26)24(23(11-18)32-2)33-14-19-8-9-20(27)12-22(19)28/h3-13,16H,14-15H2,1-2H3,(H,30,31)/b29-13-/t16-/m1/s1. The number of methoxy groups -OCH3 is 1. The molecule has 0 radical (unpaired) electrons. The number of benzene rings is 3. The Kier molecular flexibility index (Phi) is 10.1. The molecule has 0 saturated heterocycles. The predicted octanol–water partition coefficient (Wildman–Crippen LogP) is 7.12. The minimum absolute atomic E-state index is 0.164. The normalized spacial score (nSPS) is 11.9. The number of halogens is 3. The number of hydrazone groups is 1. The van der Waals surface area contributed by atoms with Gasteiger partial charge in [0, 0.05) is 21.4 Å². The molecule has 0 aliphatic carbocycles. The van der Waals surface area contributed by atoms with Crippen molar-refractivity contribution in [3.8, 4) is 11.5 Å². The molecule has 178 valence electrons. The molecule has 1 atom stereocenters. The number of hydrogen-bond donors (Lipinski definition) is 1. The van der Waals surface area contributed by atoms with E-state index in [1.807, 2.05) is 49.4 Å². The summed E-state index contributed by atoms with van der Waals surface area (Å²) in [5.74, 6) is 1.63. The van der Waals surface area contributed by atoms with Gasteiger partial charge in [0.2, 0.25) is 0 Å². The van der Waals surface area contributed by atoms with Gasteiger partial charge in [0.25, 0.3) is 5.91 Å². The smallest absolute Gasteiger partial charge is 0.252 e. The first kappa shape index (κ1) is 26.4. The Balaban J connectivity index is 1.59. The van der Waals surface area contributed by atoms with Crippen LogP contribution in [0, 0.1) is 0 Å². The highest BCUT2D eigenvalue weighted by Gasteiger charge is 2.14. The quantitative estimate of drug-likeness (QED) is 0.205. The molecule has 1 N–H and O–H groups in total. The van der Waals surface area contributed by atoms with E-state index in [-0.39, 0.29) is 17.8 Å². The van der Waals surface area contributed by atoms with Crippen molar-refractivity contribution >= 4 is 63.0 Å². The van der Waals surface area contributed by atoms with E-state index >= 15 is 0 Å². The second-order valence-corrected chi connectivity index (χ2v) is 10.3. The Morgan fingerprint density at radius 1 is 1.18 bits per heavy atom. The largest absolute Gasteiger partial charge is 0.493 e. The summed E-state index contributed by atoms with van der Waals surface area (Å²) in [5, 5.41) is 4.94. The number of nitrogens with zero attached hydrogens (tertiary/aromatic N) is 1. The molecule has 5 nitrogen and oxygen atoms in total. The predicted molar refractivity (Wildman–Crippen MR) is 144 cm³/mol. The Morgan fingerprint density at radius 3 is 2.65 bits per heavy atom. The van der Waals surface area contributed by atoms with Gasteiger partial charge in [-0.25, -0.2) is 5.43 Å². The third-order valence-electron chi connectivity index (χ3n) is 4.74. The highest BCUT2D eigenvalue weighted by atomic mass is 79.9. The maximum absolute atomic E-state index is 12.3. The van der Waals surface area contributed by atoms with E-state index in [1.165, 1.54) is 5.56 Å². The Hall–Kier alpha value is -2.19. The van der Waals surface area contributed by atoms with Crippen molar-refractivity contribution in [1.29, 1.82) is 0 Å². The lowest BCUT2D eigenvalue weighted by Gasteiger charge is -2.14. The maximum Gasteiger partial charge on any atom is 0.252 e. The third-order valence-corrected chi connectivity index (χ3v) is 7.13. The van der Waals surface area contributed by atoms with Crippen molar-refractivity contribution in [1.82, 2.24) is 5.43 Å². The number of amides is 1. The van der Waals surface area contributed by atoms with Gasteiger partial charge in [0.1, 0.15) is 6.61 Å². The van der Waals surface area contributed by atoms with Crippen LogP contribution in [0.4, 0.5) is 0 Å². The number of ether oxygens (including phenoxy) is 2. The molecule has 3 aromatic carbocycles. The molecule has 3 rings (SSSR count). The number of hydrogen-bond acceptors (Lipinski definition) is 5. The number of carbonyl (C=O) groups excluding carboxylic acids is 1. The van der Waals surface area contributed by atoms with Gasteiger partial charge in [-0.1, -0.05) is 59.6 Å². The lowest BCUT2D eigenvalue weighted by Crippen LogP contribution is -2.27. The van der Waals surface area contributed by atoms with Crippen molar-refractivity contribution in [2.45, 2.75) is 24.5 Å². The number of carbonyl (C=O) groups is 1. The van der Waals surface area contributed by atoms with Crippen LogP contribution in [0.25, 0.3) is 0 Å². The first-order valence-electron chi connectivity index (χ1n) is 10.3. The number of nitrogens with one attached hydrogen (secondary N) is 1. The second-order valence-electron chi connectivity index (χ2n) is 7.23. The van der Waals surface area contributed by atoms with Gasteiger partial charge < -0.3 is 9.47 Å². The van der Waals surface area contributed by atoms with Gasteiger partial charge in [-0.2, -0.15) is 5.10 Å². The molecule has 0 aliphatic rings. The molecule has 0 heterocycles. The molecule has 9 heteroatoms. The molecule has 0 saturated carbocycles. The topological polar surface area (TPSA) is 59.9 Å². The van der Waals surface area contributed by atoms with Crippen LogP contribution in [0.1, 0.15) is 23.6 Å². The zero-order chi connectivity index (χ0) is 24.5. The SMILES string of the molecule is COc1cc(/C=N\NC(=O)[C@@H](C)SCc2ccccc2)cc(Br)c1OCc1ccc(Cl)cc1Cl. The molecule has 0 spiro atoms. The molecule has 1 amide bonds. The first-order chi connectivity index (χ1) is 16.4. The molecule has 34 heavy (non-hydrogen) atoms. The van der Waals surface area contributed by atoms with Crippen molar-refractivity contribution in [2.75, 3.05) is 7.11 Å². The molecule has 3 aromatic rings. The van der Waals surface area contributed by atoms with Crippen LogP contribution >= 0.6 is 50.9 Å². The Morgan fingerprint density at radius 2 is 1.94 bits per heavy atom. The van der Waals surface area contributed by atoms with Crippen LogP contribution in [-0.4, -0.2) is 24.5 Å². The fraction of sp³-hybridized carbons (Fsp3) is 0.200. The number of thioether (sulfide) groups is 1. The average Bonchev–Trinajstić information content (AvgIpc) is 2.83. The summed E-state index contributed by atoms with van der Waals surface area (Å²) >= 11 is 17.3. The third kappa shape index (κ3) is 7.67. The van der Waals surface area contributed by atoms with E-state index in [4.69, 9.17) is 32.7 Å². The van der Waals surface area contributed by atoms with Crippen LogP contribution < -0.4 is 14.9 Å². The molecule has 0 unspecified atom stereocenters. The first-order valence-corrected chi connectivity index (χ1v) is 12.9. The summed E-state index contributed by atoms with van der Waals surface area (Å²) in [7, 11) is 1.55. The lowest BCUT2D eigenvalue weighted by molar-refractivity contribution is -0.120. The summed E-state index contributed by atoms with van der Waals surface area (Å²) in [6.07, 6.45) is 1.56. The molecule has 0 aromatic heterocycles. The highest BCUT2D eigenvalue weighted by Crippen LogP contribution is 2.37. The van der Waals surface area contributed by atoms with E-state index in [0.29, 0.717) is 26.0 Å². The van der Waals surface area contributed by atoms with Crippen LogP contribution in [0.5, 0.6) is 11.5 Å². The van der Waals surface area contributed by atoms with Gasteiger partial charge in [-0.3, -0.25) is 4.79 Å². The van der Waals surface area contributed by atoms with Gasteiger partial charge in [0.05, 0.1) is 23.0 Å². The molecule has 0 bridgehead atoms. The highest BCUT2D eigenvalue weighted by molar-refractivity contribution is 9.10. The van der Waals surface area contributed by atoms with Crippen molar-refractivity contribution in [2.24, 2.45) is 5.10 Å². The summed E-state index contributed by atoms with van der Waals surface area (Å²) in [4.78, 5) is 12.3. The Labute approximate surface area is 222 Å². The second kappa shape index (κ2) is 13.0. The van der Waals surface area contributed by atoms with E-state index in [1.54, 1.807) is 43.3 Å². The summed E-state index contributed by atoms with van der Waals surface area (Å²) in [6.45, 7) is 2.10. The van der Waals surface area contributed by atoms with Crippen LogP contribution in [0.2, 0.25) is 10.0 Å². The summed E-state index contributed by atoms with van der Waals surface area (Å²) in [5.41, 5.74) is 5.29. The van der Waals surface area contributed by atoms with Crippen molar-refractivity contribution in [3.05, 3.63) is 91.9 Å². The fourth-order valence-corrected chi connectivity index (χ4v) is 4.75. The van der Waals surface area contributed by atoms with Gasteiger partial charge >= 0.3 is 0 Å². The summed E-state index contributed by atoms with van der Waals surface area (Å²) < 4.78 is 12.1. The lowest BCUT2D eigenvalue weighted by atomic mass is 10.2. The van der Waals surface area contributed by atoms with Crippen LogP contribution in [-0.2, 0) is 17.2 Å². The molecular weight excluding hydrogens is 559 g/mol. The van der Waals surface area contributed by atoms with Crippen LogP contribution in [0.3, 0.4) is 0 Å². The zero-order valence-electron chi connectivity index (χ0n) is 18.6. The molecular formula is C25H23BrCl2N2O3S. The van der Waals surface area contributed by atoms with Gasteiger partial charge in [-0.15, -0.1) is 11.8 Å². The molecule has 0 aliphatic heterocycles. The van der Waals surface area contributed by atoms with E-state index < -0.39 is 0 Å². The van der Waals surface area contributed by atoms with Gasteiger partial charge in [0.15, 0.2) is 11.5 Å². The number of rotatable bonds is 10. The van der Waals surface area contributed by atoms with E-state index in [2.05, 4.69) is 26.5 Å². The summed E-state index contributed by atoms with van der Waals surface area (Å²) in [6, 6.07) is 18.9. The fourth-order valence-electron chi connectivity index (χ4n) is 2.88. The van der Waals surface area contributed by atoms with Crippen molar-refractivity contribution in [3.63, 3.8) is 0 Å². The van der Waals surface area contributed by atoms with Crippen molar-refractivity contribution < 1.29 is 14.3 Å². The van der Waals surface area contributed by atoms with Gasteiger partial charge in [-0.05, 0) is 58.2 Å². The maximum atomic E-state index is 12.3.